The predicted octanol–water partition coefficient (Wildman–Crippen LogP) is 4.38. The number of rotatable bonds is 3. The summed E-state index contributed by atoms with van der Waals surface area (Å²) in [4.78, 5) is 21.0. The van der Waals surface area contributed by atoms with Crippen molar-refractivity contribution in [3.8, 4) is 11.3 Å². The van der Waals surface area contributed by atoms with Crippen LogP contribution in [0.3, 0.4) is 0 Å². The van der Waals surface area contributed by atoms with Crippen LogP contribution >= 0.6 is 22.6 Å². The summed E-state index contributed by atoms with van der Waals surface area (Å²) in [7, 11) is 0. The van der Waals surface area contributed by atoms with Crippen LogP contribution in [0.1, 0.15) is 11.5 Å². The Bertz CT molecular complexity index is 918. The van der Waals surface area contributed by atoms with Crippen molar-refractivity contribution in [2.24, 2.45) is 4.99 Å². The number of furan rings is 1. The molecule has 1 amide bonds. The average molecular weight is 429 g/mol. The molecule has 3 aromatic rings. The van der Waals surface area contributed by atoms with Gasteiger partial charge in [-0.25, -0.2) is 4.98 Å². The predicted molar refractivity (Wildman–Crippen MR) is 101 cm³/mol. The molecule has 5 nitrogen and oxygen atoms in total. The molecular weight excluding hydrogens is 417 g/mol. The SMILES string of the molecule is O=C1Nc2ncc(-c3ccco3)cc2C1C=Nc1ccc(I)cc1. The first-order valence-electron chi connectivity index (χ1n) is 7.35. The summed E-state index contributed by atoms with van der Waals surface area (Å²) in [5.74, 6) is 0.720. The van der Waals surface area contributed by atoms with Gasteiger partial charge in [0.25, 0.3) is 0 Å². The smallest absolute Gasteiger partial charge is 0.238 e. The number of fused-ring (bicyclic) bond motifs is 1. The van der Waals surface area contributed by atoms with Gasteiger partial charge in [-0.1, -0.05) is 0 Å². The first kappa shape index (κ1) is 15.1. The van der Waals surface area contributed by atoms with Crippen molar-refractivity contribution < 1.29 is 9.21 Å². The van der Waals surface area contributed by atoms with Gasteiger partial charge < -0.3 is 9.73 Å². The van der Waals surface area contributed by atoms with Crippen LogP contribution < -0.4 is 5.32 Å². The Morgan fingerprint density at radius 1 is 1.25 bits per heavy atom. The number of aromatic nitrogens is 1. The number of nitrogens with one attached hydrogen (secondary N) is 1. The first-order valence-corrected chi connectivity index (χ1v) is 8.43. The molecule has 1 aromatic carbocycles. The Kier molecular flexibility index (Phi) is 3.89. The molecule has 2 aromatic heterocycles. The standard InChI is InChI=1S/C18H12IN3O2/c19-12-3-5-13(6-4-12)20-10-15-14-8-11(16-2-1-7-24-16)9-21-17(14)22-18(15)23/h1-10,15H,(H,21,22,23). The van der Waals surface area contributed by atoms with E-state index >= 15 is 0 Å². The van der Waals surface area contributed by atoms with Gasteiger partial charge in [-0.15, -0.1) is 0 Å². The molecular formula is C18H12IN3O2. The van der Waals surface area contributed by atoms with Crippen molar-refractivity contribution in [1.82, 2.24) is 4.98 Å². The van der Waals surface area contributed by atoms with Gasteiger partial charge in [-0.05, 0) is 65.1 Å². The normalized spacial score (nSPS) is 16.4. The number of carbonyl (C=O) groups excluding carboxylic acids is 1. The fourth-order valence-electron chi connectivity index (χ4n) is 2.57. The summed E-state index contributed by atoms with van der Waals surface area (Å²) < 4.78 is 6.54. The van der Waals surface area contributed by atoms with Crippen LogP contribution in [0.25, 0.3) is 11.3 Å². The minimum atomic E-state index is -0.457. The van der Waals surface area contributed by atoms with Crippen LogP contribution in [-0.2, 0) is 4.79 Å². The highest BCUT2D eigenvalue weighted by Gasteiger charge is 2.30. The maximum atomic E-state index is 12.2. The number of nitrogens with zero attached hydrogens (tertiary/aromatic N) is 2. The highest BCUT2D eigenvalue weighted by atomic mass is 127. The van der Waals surface area contributed by atoms with Crippen molar-refractivity contribution >= 4 is 46.2 Å². The molecule has 1 N–H and O–H groups in total. The molecule has 0 saturated carbocycles. The van der Waals surface area contributed by atoms with Crippen molar-refractivity contribution in [2.45, 2.75) is 5.92 Å². The maximum absolute atomic E-state index is 12.2. The lowest BCUT2D eigenvalue weighted by Crippen LogP contribution is -2.12. The number of pyridine rings is 1. The van der Waals surface area contributed by atoms with Crippen molar-refractivity contribution in [3.63, 3.8) is 0 Å². The van der Waals surface area contributed by atoms with E-state index in [0.29, 0.717) is 5.82 Å². The Balaban J connectivity index is 1.67. The maximum Gasteiger partial charge on any atom is 0.238 e. The summed E-state index contributed by atoms with van der Waals surface area (Å²) in [6.07, 6.45) is 4.97. The van der Waals surface area contributed by atoms with Gasteiger partial charge in [0.2, 0.25) is 5.91 Å². The second-order valence-corrected chi connectivity index (χ2v) is 6.61. The van der Waals surface area contributed by atoms with Crippen molar-refractivity contribution in [3.05, 3.63) is 64.1 Å². The molecule has 1 atom stereocenters. The van der Waals surface area contributed by atoms with E-state index in [2.05, 4.69) is 37.9 Å². The highest BCUT2D eigenvalue weighted by Crippen LogP contribution is 2.33. The van der Waals surface area contributed by atoms with Crippen molar-refractivity contribution in [2.75, 3.05) is 5.32 Å². The van der Waals surface area contributed by atoms with E-state index in [1.807, 2.05) is 42.5 Å². The number of carbonyl (C=O) groups is 1. The molecule has 0 bridgehead atoms. The second-order valence-electron chi connectivity index (χ2n) is 5.36. The minimum Gasteiger partial charge on any atom is -0.464 e. The summed E-state index contributed by atoms with van der Waals surface area (Å²) in [5.41, 5.74) is 2.46. The molecule has 0 spiro atoms. The number of benzene rings is 1. The molecule has 4 rings (SSSR count). The third-order valence-corrected chi connectivity index (χ3v) is 4.50. The fourth-order valence-corrected chi connectivity index (χ4v) is 2.93. The summed E-state index contributed by atoms with van der Waals surface area (Å²) in [5, 5.41) is 2.79. The molecule has 1 unspecified atom stereocenters. The summed E-state index contributed by atoms with van der Waals surface area (Å²) in [6, 6.07) is 13.4. The van der Waals surface area contributed by atoms with Crippen LogP contribution in [-0.4, -0.2) is 17.1 Å². The Morgan fingerprint density at radius 2 is 2.08 bits per heavy atom. The second kappa shape index (κ2) is 6.20. The van der Waals surface area contributed by atoms with Crippen LogP contribution in [0.2, 0.25) is 0 Å². The molecule has 3 heterocycles. The summed E-state index contributed by atoms with van der Waals surface area (Å²) >= 11 is 2.24. The molecule has 0 fully saturated rings. The lowest BCUT2D eigenvalue weighted by molar-refractivity contribution is -0.115. The highest BCUT2D eigenvalue weighted by molar-refractivity contribution is 14.1. The lowest BCUT2D eigenvalue weighted by atomic mass is 10.0. The van der Waals surface area contributed by atoms with Crippen LogP contribution in [0.15, 0.2) is 64.3 Å². The lowest BCUT2D eigenvalue weighted by Gasteiger charge is -2.04. The third kappa shape index (κ3) is 2.84. The number of halogens is 1. The molecule has 0 radical (unpaired) electrons. The van der Waals surface area contributed by atoms with E-state index < -0.39 is 5.92 Å². The van der Waals surface area contributed by atoms with E-state index in [0.717, 1.165) is 26.1 Å². The van der Waals surface area contributed by atoms with E-state index in [9.17, 15) is 4.79 Å². The van der Waals surface area contributed by atoms with Gasteiger partial charge in [0, 0.05) is 27.1 Å². The van der Waals surface area contributed by atoms with Gasteiger partial charge in [0.1, 0.15) is 17.5 Å². The molecule has 0 aliphatic carbocycles. The van der Waals surface area contributed by atoms with Gasteiger partial charge in [0.15, 0.2) is 0 Å². The number of hydrogen-bond acceptors (Lipinski definition) is 4. The quantitative estimate of drug-likeness (QED) is 0.496. The average Bonchev–Trinajstić information content (AvgIpc) is 3.21. The number of anilines is 1. The molecule has 1 aliphatic heterocycles. The Morgan fingerprint density at radius 3 is 2.83 bits per heavy atom. The molecule has 1 aliphatic rings. The van der Waals surface area contributed by atoms with E-state index in [-0.39, 0.29) is 5.91 Å². The van der Waals surface area contributed by atoms with Crippen LogP contribution in [0.4, 0.5) is 11.5 Å². The van der Waals surface area contributed by atoms with Gasteiger partial charge >= 0.3 is 0 Å². The van der Waals surface area contributed by atoms with Crippen LogP contribution in [0.5, 0.6) is 0 Å². The van der Waals surface area contributed by atoms with Crippen LogP contribution in [0, 0.1) is 3.57 Å². The van der Waals surface area contributed by atoms with Gasteiger partial charge in [0.05, 0.1) is 12.0 Å². The largest absolute Gasteiger partial charge is 0.464 e. The zero-order chi connectivity index (χ0) is 16.5. The Labute approximate surface area is 152 Å². The number of aliphatic imine (C=N–C) groups is 1. The monoisotopic (exact) mass is 429 g/mol. The molecule has 6 heteroatoms. The number of hydrogen-bond donors (Lipinski definition) is 1. The molecule has 0 saturated heterocycles. The van der Waals surface area contributed by atoms with Gasteiger partial charge in [-0.2, -0.15) is 0 Å². The topological polar surface area (TPSA) is 67.5 Å². The van der Waals surface area contributed by atoms with Gasteiger partial charge in [-0.3, -0.25) is 9.79 Å². The first-order chi connectivity index (χ1) is 11.7. The third-order valence-electron chi connectivity index (χ3n) is 3.78. The number of amides is 1. The van der Waals surface area contributed by atoms with E-state index in [1.54, 1.807) is 18.7 Å². The molecule has 118 valence electrons. The fraction of sp³-hybridized carbons (Fsp3) is 0.0556. The zero-order valence-corrected chi connectivity index (χ0v) is 14.6. The molecule has 24 heavy (non-hydrogen) atoms. The van der Waals surface area contributed by atoms with E-state index in [1.165, 1.54) is 0 Å². The zero-order valence-electron chi connectivity index (χ0n) is 12.4. The van der Waals surface area contributed by atoms with E-state index in [4.69, 9.17) is 4.42 Å². The summed E-state index contributed by atoms with van der Waals surface area (Å²) in [6.45, 7) is 0. The minimum absolute atomic E-state index is 0.122. The Hall–Kier alpha value is -2.48. The van der Waals surface area contributed by atoms with Crippen molar-refractivity contribution in [1.29, 1.82) is 0 Å².